The summed E-state index contributed by atoms with van der Waals surface area (Å²) >= 11 is 0. The van der Waals surface area contributed by atoms with E-state index >= 15 is 0 Å². The van der Waals surface area contributed by atoms with Gasteiger partial charge in [0.1, 0.15) is 0 Å². The summed E-state index contributed by atoms with van der Waals surface area (Å²) in [5.41, 5.74) is 0.889. The highest BCUT2D eigenvalue weighted by atomic mass is 19.4. The van der Waals surface area contributed by atoms with Gasteiger partial charge in [0, 0.05) is 56.9 Å². The van der Waals surface area contributed by atoms with E-state index in [2.05, 4.69) is 0 Å². The van der Waals surface area contributed by atoms with Crippen LogP contribution in [0.2, 0.25) is 0 Å². The summed E-state index contributed by atoms with van der Waals surface area (Å²) in [6, 6.07) is 2.04. The zero-order valence-electron chi connectivity index (χ0n) is 16.7. The highest BCUT2D eigenvalue weighted by Gasteiger charge is 2.56. The molecule has 6 nitrogen and oxygen atoms in total. The number of fused-ring (bicyclic) bond motifs is 3. The van der Waals surface area contributed by atoms with Crippen molar-refractivity contribution in [3.05, 3.63) is 39.8 Å². The Morgan fingerprint density at radius 2 is 2.03 bits per heavy atom. The first-order valence-corrected chi connectivity index (χ1v) is 9.61. The highest BCUT2D eigenvalue weighted by molar-refractivity contribution is 5.82. The Hall–Kier alpha value is -2.13. The van der Waals surface area contributed by atoms with E-state index in [1.165, 1.54) is 9.80 Å². The number of amides is 1. The summed E-state index contributed by atoms with van der Waals surface area (Å²) < 4.78 is 40.5. The number of carbonyl (C=O) groups is 1. The number of nitrogens with zero attached hydrogens (tertiary/aromatic N) is 3. The number of aliphatic hydroxyl groups is 1. The lowest BCUT2D eigenvalue weighted by Crippen LogP contribution is -2.48. The third-order valence-electron chi connectivity index (χ3n) is 5.91. The summed E-state index contributed by atoms with van der Waals surface area (Å²) in [6.45, 7) is 1.37. The van der Waals surface area contributed by atoms with Crippen molar-refractivity contribution in [1.29, 1.82) is 0 Å². The van der Waals surface area contributed by atoms with Gasteiger partial charge in [0.15, 0.2) is 0 Å². The second-order valence-corrected chi connectivity index (χ2v) is 7.86. The zero-order chi connectivity index (χ0) is 21.5. The van der Waals surface area contributed by atoms with Crippen molar-refractivity contribution in [1.82, 2.24) is 14.4 Å². The lowest BCUT2D eigenvalue weighted by atomic mass is 9.88. The summed E-state index contributed by atoms with van der Waals surface area (Å²) in [6.07, 6.45) is -2.00. The lowest BCUT2D eigenvalue weighted by Gasteiger charge is -2.32. The molecule has 160 valence electrons. The number of likely N-dealkylation sites (tertiary alicyclic amines) is 1. The number of halogens is 3. The number of pyridine rings is 1. The lowest BCUT2D eigenvalue weighted by molar-refractivity contribution is -0.146. The summed E-state index contributed by atoms with van der Waals surface area (Å²) in [7, 11) is 3.10. The van der Waals surface area contributed by atoms with Crippen LogP contribution in [0.3, 0.4) is 0 Å². The Balaban J connectivity index is 2.07. The molecule has 1 aromatic rings. The molecule has 0 spiro atoms. The molecule has 0 bridgehead atoms. The Morgan fingerprint density at radius 1 is 1.34 bits per heavy atom. The van der Waals surface area contributed by atoms with E-state index in [1.807, 2.05) is 0 Å². The van der Waals surface area contributed by atoms with Crippen molar-refractivity contribution < 1.29 is 23.1 Å². The Bertz CT molecular complexity index is 863. The van der Waals surface area contributed by atoms with E-state index in [9.17, 15) is 27.9 Å². The number of likely N-dealkylation sites (N-methyl/N-ethyl adjacent to an activating group) is 1. The molecule has 1 aromatic heterocycles. The maximum absolute atomic E-state index is 13.0. The summed E-state index contributed by atoms with van der Waals surface area (Å²) in [4.78, 5) is 28.5. The molecule has 0 saturated carbocycles. The van der Waals surface area contributed by atoms with Gasteiger partial charge in [0.05, 0.1) is 18.5 Å². The number of carbonyl (C=O) groups excluding carboxylic acids is 1. The minimum atomic E-state index is -4.37. The normalized spacial score (nSPS) is 26.7. The van der Waals surface area contributed by atoms with Crippen LogP contribution in [0.1, 0.15) is 30.6 Å². The molecule has 2 aliphatic heterocycles. The average Bonchev–Trinajstić information content (AvgIpc) is 3.15. The topological polar surface area (TPSA) is 65.8 Å². The predicted octanol–water partition coefficient (Wildman–Crippen LogP) is 1.89. The number of aliphatic hydroxyl groups excluding tert-OH is 1. The molecule has 0 radical (unpaired) electrons. The molecule has 2 aliphatic rings. The first-order valence-electron chi connectivity index (χ1n) is 9.61. The van der Waals surface area contributed by atoms with E-state index in [0.717, 1.165) is 0 Å². The molecule has 4 atom stereocenters. The van der Waals surface area contributed by atoms with Crippen LogP contribution in [-0.2, 0) is 11.3 Å². The van der Waals surface area contributed by atoms with Crippen molar-refractivity contribution in [2.75, 3.05) is 27.2 Å². The van der Waals surface area contributed by atoms with Gasteiger partial charge in [-0.05, 0) is 19.1 Å². The van der Waals surface area contributed by atoms with Gasteiger partial charge < -0.3 is 14.6 Å². The summed E-state index contributed by atoms with van der Waals surface area (Å²) in [5.74, 6) is -1.19. The van der Waals surface area contributed by atoms with Crippen LogP contribution < -0.4 is 5.56 Å². The van der Waals surface area contributed by atoms with E-state index in [-0.39, 0.29) is 37.1 Å². The second kappa shape index (κ2) is 7.95. The van der Waals surface area contributed by atoms with Crippen LogP contribution in [0, 0.1) is 11.8 Å². The molecule has 1 N–H and O–H groups in total. The van der Waals surface area contributed by atoms with Gasteiger partial charge in [-0.3, -0.25) is 14.5 Å². The van der Waals surface area contributed by atoms with Gasteiger partial charge in [0.2, 0.25) is 5.91 Å². The van der Waals surface area contributed by atoms with Crippen molar-refractivity contribution in [3.63, 3.8) is 0 Å². The number of rotatable bonds is 5. The first kappa shape index (κ1) is 21.6. The molecule has 9 heteroatoms. The van der Waals surface area contributed by atoms with Gasteiger partial charge in [0.25, 0.3) is 5.56 Å². The van der Waals surface area contributed by atoms with Gasteiger partial charge in [-0.25, -0.2) is 0 Å². The van der Waals surface area contributed by atoms with E-state index in [0.29, 0.717) is 11.3 Å². The fourth-order valence-corrected chi connectivity index (χ4v) is 4.69. The van der Waals surface area contributed by atoms with Crippen LogP contribution in [0.15, 0.2) is 23.0 Å². The monoisotopic (exact) mass is 413 g/mol. The highest BCUT2D eigenvalue weighted by Crippen LogP contribution is 2.49. The molecular formula is C20H26F3N3O3. The van der Waals surface area contributed by atoms with Crippen LogP contribution in [0.25, 0.3) is 6.08 Å². The second-order valence-electron chi connectivity index (χ2n) is 7.86. The van der Waals surface area contributed by atoms with E-state index < -0.39 is 30.6 Å². The van der Waals surface area contributed by atoms with Gasteiger partial charge in [-0.1, -0.05) is 12.2 Å². The molecule has 1 amide bonds. The molecule has 0 aromatic carbocycles. The van der Waals surface area contributed by atoms with Crippen molar-refractivity contribution in [3.8, 4) is 0 Å². The van der Waals surface area contributed by atoms with E-state index in [1.54, 1.807) is 49.9 Å². The quantitative estimate of drug-likeness (QED) is 0.801. The number of hydrogen-bond donors (Lipinski definition) is 1. The van der Waals surface area contributed by atoms with Crippen molar-refractivity contribution in [2.45, 2.75) is 38.1 Å². The molecule has 1 saturated heterocycles. The predicted molar refractivity (Wildman–Crippen MR) is 102 cm³/mol. The minimum absolute atomic E-state index is 0.210. The number of hydrogen-bond acceptors (Lipinski definition) is 4. The Morgan fingerprint density at radius 3 is 2.59 bits per heavy atom. The molecule has 0 unspecified atom stereocenters. The smallest absolute Gasteiger partial charge is 0.390 e. The maximum Gasteiger partial charge on any atom is 0.390 e. The van der Waals surface area contributed by atoms with E-state index in [4.69, 9.17) is 0 Å². The Kier molecular flexibility index (Phi) is 5.91. The molecule has 3 rings (SSSR count). The standard InChI is InChI=1S/C20H26F3N3O3/c1-4-5-12-6-7-15-16-13(10-26(15)18(12)28)14(11-27)17(19(29)24(2)3)25(16)9-8-20(21,22)23/h4-7,13-14,16-17,27H,8-11H2,1-3H3/t13-,14-,16+,17-/m0/s1. The maximum atomic E-state index is 13.0. The largest absolute Gasteiger partial charge is 0.396 e. The van der Waals surface area contributed by atoms with Crippen LogP contribution in [-0.4, -0.2) is 64.8 Å². The van der Waals surface area contributed by atoms with Crippen LogP contribution >= 0.6 is 0 Å². The van der Waals surface area contributed by atoms with Crippen molar-refractivity contribution >= 4 is 12.0 Å². The van der Waals surface area contributed by atoms with Crippen LogP contribution in [0.4, 0.5) is 13.2 Å². The number of alkyl halides is 3. The van der Waals surface area contributed by atoms with Gasteiger partial charge in [-0.15, -0.1) is 0 Å². The average molecular weight is 413 g/mol. The molecule has 29 heavy (non-hydrogen) atoms. The Labute approximate surface area is 167 Å². The third kappa shape index (κ3) is 3.85. The first-order chi connectivity index (χ1) is 13.6. The molecular weight excluding hydrogens is 387 g/mol. The van der Waals surface area contributed by atoms with Crippen LogP contribution in [0.5, 0.6) is 0 Å². The van der Waals surface area contributed by atoms with Crippen molar-refractivity contribution in [2.24, 2.45) is 11.8 Å². The van der Waals surface area contributed by atoms with Gasteiger partial charge >= 0.3 is 6.18 Å². The minimum Gasteiger partial charge on any atom is -0.396 e. The number of aromatic nitrogens is 1. The molecule has 0 aliphatic carbocycles. The zero-order valence-corrected chi connectivity index (χ0v) is 16.7. The molecule has 3 heterocycles. The van der Waals surface area contributed by atoms with Gasteiger partial charge in [-0.2, -0.15) is 13.2 Å². The number of allylic oxidation sites excluding steroid dienone is 1. The fourth-order valence-electron chi connectivity index (χ4n) is 4.69. The summed E-state index contributed by atoms with van der Waals surface area (Å²) in [5, 5.41) is 10.0. The third-order valence-corrected chi connectivity index (χ3v) is 5.91. The molecule has 1 fully saturated rings. The fraction of sp³-hybridized carbons (Fsp3) is 0.600. The SMILES string of the molecule is CC=Cc1ccc2n(c1=O)C[C@H]1[C@H](CO)[C@@H](C(=O)N(C)C)N(CCC(F)(F)F)[C@@H]21.